The molecule has 0 spiro atoms. The van der Waals surface area contributed by atoms with Crippen LogP contribution in [0.1, 0.15) is 49.1 Å². The van der Waals surface area contributed by atoms with Crippen LogP contribution in [0, 0.1) is 5.92 Å². The first-order valence-corrected chi connectivity index (χ1v) is 12.8. The normalized spacial score (nSPS) is 22.6. The number of carbonyl (C=O) groups excluding carboxylic acids is 1. The summed E-state index contributed by atoms with van der Waals surface area (Å²) >= 11 is 0. The largest absolute Gasteiger partial charge is 0.497 e. The number of methoxy groups -OCH3 is 1. The van der Waals surface area contributed by atoms with Gasteiger partial charge < -0.3 is 15.2 Å². The number of carbonyl (C=O) groups is 2. The minimum absolute atomic E-state index is 0.187. The number of carboxylic acids is 1. The molecule has 8 heteroatoms. The maximum atomic E-state index is 12.7. The van der Waals surface area contributed by atoms with Gasteiger partial charge in [0, 0.05) is 30.9 Å². The number of aliphatic imine (C=N–C) groups is 1. The van der Waals surface area contributed by atoms with Gasteiger partial charge in [0.2, 0.25) is 5.84 Å². The number of benzene rings is 2. The molecule has 2 heterocycles. The summed E-state index contributed by atoms with van der Waals surface area (Å²) in [4.78, 5) is 31.4. The van der Waals surface area contributed by atoms with Gasteiger partial charge in [0.05, 0.1) is 7.11 Å². The fraction of sp³-hybridized carbons (Fsp3) is 0.345. The molecule has 8 nitrogen and oxygen atoms in total. The van der Waals surface area contributed by atoms with Gasteiger partial charge in [-0.05, 0) is 72.9 Å². The Morgan fingerprint density at radius 1 is 1.08 bits per heavy atom. The first-order chi connectivity index (χ1) is 18.0. The van der Waals surface area contributed by atoms with Gasteiger partial charge in [-0.2, -0.15) is 4.99 Å². The average molecular weight is 502 g/mol. The van der Waals surface area contributed by atoms with Crippen molar-refractivity contribution in [3.05, 3.63) is 83.8 Å². The lowest BCUT2D eigenvalue weighted by Gasteiger charge is -2.29. The van der Waals surface area contributed by atoms with E-state index in [1.54, 1.807) is 7.11 Å². The van der Waals surface area contributed by atoms with E-state index in [1.807, 2.05) is 42.7 Å². The van der Waals surface area contributed by atoms with E-state index < -0.39 is 5.97 Å². The number of amidine groups is 1. The Bertz CT molecular complexity index is 1230. The maximum absolute atomic E-state index is 12.7. The van der Waals surface area contributed by atoms with Gasteiger partial charge in [-0.1, -0.05) is 24.3 Å². The Kier molecular flexibility index (Phi) is 7.37. The molecule has 1 aliphatic carbocycles. The van der Waals surface area contributed by atoms with Gasteiger partial charge in [-0.15, -0.1) is 0 Å². The molecule has 2 aliphatic heterocycles. The molecular formula is C29H33N4O4+. The van der Waals surface area contributed by atoms with Crippen molar-refractivity contribution >= 4 is 23.4 Å². The molecule has 0 radical (unpaired) electrons. The zero-order chi connectivity index (χ0) is 25.8. The van der Waals surface area contributed by atoms with Crippen LogP contribution in [-0.2, 0) is 16.1 Å². The van der Waals surface area contributed by atoms with Crippen molar-refractivity contribution in [3.63, 3.8) is 0 Å². The minimum Gasteiger partial charge on any atom is -0.497 e. The van der Waals surface area contributed by atoms with Crippen LogP contribution in [-0.4, -0.2) is 36.6 Å². The number of fused-ring (bicyclic) bond motifs is 1. The molecule has 1 saturated carbocycles. The molecule has 3 aliphatic rings. The fourth-order valence-electron chi connectivity index (χ4n) is 5.34. The minimum atomic E-state index is -0.688. The van der Waals surface area contributed by atoms with Crippen LogP contribution in [0.5, 0.6) is 5.75 Å². The van der Waals surface area contributed by atoms with Crippen molar-refractivity contribution in [1.82, 2.24) is 5.32 Å². The molecule has 5 rings (SSSR count). The van der Waals surface area contributed by atoms with Crippen LogP contribution in [0.2, 0.25) is 0 Å². The van der Waals surface area contributed by atoms with E-state index in [0.717, 1.165) is 53.4 Å². The SMILES string of the molecule is COc1ccc(CNC(=O)C2=C[NH+]3CN(c4ccc(C5CCC(CC(=O)O)CC5)cc4)C=CC3=N2)cc1. The number of anilines is 1. The number of amides is 1. The molecular weight excluding hydrogens is 468 g/mol. The summed E-state index contributed by atoms with van der Waals surface area (Å²) in [5.74, 6) is 1.56. The lowest BCUT2D eigenvalue weighted by atomic mass is 9.77. The number of hydrogen-bond donors (Lipinski definition) is 3. The molecule has 0 aromatic heterocycles. The third-order valence-corrected chi connectivity index (χ3v) is 7.48. The van der Waals surface area contributed by atoms with E-state index in [-0.39, 0.29) is 12.3 Å². The molecule has 0 saturated heterocycles. The van der Waals surface area contributed by atoms with E-state index in [0.29, 0.717) is 30.7 Å². The van der Waals surface area contributed by atoms with E-state index in [1.165, 1.54) is 5.56 Å². The highest BCUT2D eigenvalue weighted by molar-refractivity contribution is 5.99. The summed E-state index contributed by atoms with van der Waals surface area (Å²) in [5, 5.41) is 12.0. The van der Waals surface area contributed by atoms with Gasteiger partial charge >= 0.3 is 5.97 Å². The van der Waals surface area contributed by atoms with Crippen LogP contribution in [0.15, 0.2) is 77.7 Å². The predicted octanol–water partition coefficient (Wildman–Crippen LogP) is 3.19. The smallest absolute Gasteiger partial charge is 0.303 e. The average Bonchev–Trinajstić information content (AvgIpc) is 3.36. The number of nitrogens with one attached hydrogen (secondary N) is 2. The summed E-state index contributed by atoms with van der Waals surface area (Å²) in [7, 11) is 1.63. The van der Waals surface area contributed by atoms with Crippen molar-refractivity contribution in [2.24, 2.45) is 10.9 Å². The highest BCUT2D eigenvalue weighted by atomic mass is 16.5. The lowest BCUT2D eigenvalue weighted by molar-refractivity contribution is -0.742. The second-order valence-corrected chi connectivity index (χ2v) is 9.93. The number of hydrogen-bond acceptors (Lipinski definition) is 5. The number of ether oxygens (including phenoxy) is 1. The first kappa shape index (κ1) is 24.8. The molecule has 192 valence electrons. The molecule has 1 atom stereocenters. The van der Waals surface area contributed by atoms with E-state index in [9.17, 15) is 9.59 Å². The highest BCUT2D eigenvalue weighted by Gasteiger charge is 2.30. The van der Waals surface area contributed by atoms with Crippen molar-refractivity contribution in [2.75, 3.05) is 18.7 Å². The van der Waals surface area contributed by atoms with Crippen LogP contribution >= 0.6 is 0 Å². The predicted molar refractivity (Wildman–Crippen MR) is 141 cm³/mol. The molecule has 37 heavy (non-hydrogen) atoms. The van der Waals surface area contributed by atoms with Crippen molar-refractivity contribution in [2.45, 2.75) is 44.6 Å². The Hall–Kier alpha value is -3.91. The molecule has 3 N–H and O–H groups in total. The van der Waals surface area contributed by atoms with Crippen LogP contribution in [0.4, 0.5) is 5.69 Å². The number of rotatable bonds is 8. The zero-order valence-electron chi connectivity index (χ0n) is 21.0. The van der Waals surface area contributed by atoms with Crippen molar-refractivity contribution in [3.8, 4) is 5.75 Å². The molecule has 2 aromatic carbocycles. The van der Waals surface area contributed by atoms with Crippen LogP contribution in [0.3, 0.4) is 0 Å². The number of carboxylic acid groups (broad SMARTS) is 1. The Morgan fingerprint density at radius 3 is 2.49 bits per heavy atom. The summed E-state index contributed by atoms with van der Waals surface area (Å²) < 4.78 is 5.17. The Labute approximate surface area is 216 Å². The van der Waals surface area contributed by atoms with E-state index in [4.69, 9.17) is 9.84 Å². The van der Waals surface area contributed by atoms with Crippen LogP contribution in [0.25, 0.3) is 0 Å². The Morgan fingerprint density at radius 2 is 1.81 bits per heavy atom. The molecule has 1 unspecified atom stereocenters. The molecule has 0 bridgehead atoms. The second-order valence-electron chi connectivity index (χ2n) is 9.93. The number of quaternary nitrogens is 1. The molecule has 1 amide bonds. The summed E-state index contributed by atoms with van der Waals surface area (Å²) in [6.45, 7) is 1.08. The van der Waals surface area contributed by atoms with E-state index >= 15 is 0 Å². The van der Waals surface area contributed by atoms with Gasteiger partial charge in [0.1, 0.15) is 11.9 Å². The zero-order valence-corrected chi connectivity index (χ0v) is 21.0. The Balaban J connectivity index is 1.15. The van der Waals surface area contributed by atoms with E-state index in [2.05, 4.69) is 39.5 Å². The monoisotopic (exact) mass is 501 g/mol. The summed E-state index contributed by atoms with van der Waals surface area (Å²) in [6, 6.07) is 16.3. The molecule has 2 aromatic rings. The van der Waals surface area contributed by atoms with Gasteiger partial charge in [0.25, 0.3) is 5.91 Å². The molecule has 1 fully saturated rings. The van der Waals surface area contributed by atoms with Crippen LogP contribution < -0.4 is 19.9 Å². The van der Waals surface area contributed by atoms with Crippen molar-refractivity contribution in [1.29, 1.82) is 0 Å². The number of aliphatic carboxylic acids is 1. The lowest BCUT2D eigenvalue weighted by Crippen LogP contribution is -3.11. The van der Waals surface area contributed by atoms with Crippen molar-refractivity contribution < 1.29 is 24.3 Å². The van der Waals surface area contributed by atoms with Gasteiger partial charge in [-0.25, -0.2) is 4.90 Å². The fourth-order valence-corrected chi connectivity index (χ4v) is 5.34. The summed E-state index contributed by atoms with van der Waals surface area (Å²) in [5.41, 5.74) is 3.84. The standard InChI is InChI=1S/C29H32N4O4/c1-37-25-12-4-21(5-13-25)17-30-29(36)26-18-33-19-32(15-14-27(33)31-26)24-10-8-23(9-11-24)22-6-2-20(3-7-22)16-28(34)35/h4-5,8-15,18,20,22H,2-3,6-7,16-17,19H2,1H3,(H,30,36)(H,34,35)/p+1. The third kappa shape index (κ3) is 5.91. The quantitative estimate of drug-likeness (QED) is 0.517. The summed E-state index contributed by atoms with van der Waals surface area (Å²) in [6.07, 6.45) is 10.2. The third-order valence-electron chi connectivity index (χ3n) is 7.48. The maximum Gasteiger partial charge on any atom is 0.303 e. The van der Waals surface area contributed by atoms with Gasteiger partial charge in [0.15, 0.2) is 12.4 Å². The van der Waals surface area contributed by atoms with Gasteiger partial charge in [-0.3, -0.25) is 14.5 Å². The first-order valence-electron chi connectivity index (χ1n) is 12.8. The topological polar surface area (TPSA) is 95.7 Å². The number of nitrogens with zero attached hydrogens (tertiary/aromatic N) is 2. The second kappa shape index (κ2) is 11.0. The highest BCUT2D eigenvalue weighted by Crippen LogP contribution is 2.37.